The van der Waals surface area contributed by atoms with Crippen molar-refractivity contribution in [3.05, 3.63) is 62.8 Å². The van der Waals surface area contributed by atoms with Crippen molar-refractivity contribution in [1.82, 2.24) is 4.57 Å². The van der Waals surface area contributed by atoms with Crippen LogP contribution in [0.1, 0.15) is 55.0 Å². The zero-order chi connectivity index (χ0) is 24.4. The van der Waals surface area contributed by atoms with Crippen molar-refractivity contribution in [3.8, 4) is 11.8 Å². The Labute approximate surface area is 210 Å². The molecule has 4 rings (SSSR count). The molecule has 0 spiro atoms. The van der Waals surface area contributed by atoms with Gasteiger partial charge in [-0.05, 0) is 81.0 Å². The fourth-order valence-corrected chi connectivity index (χ4v) is 5.31. The first-order chi connectivity index (χ1) is 16.3. The summed E-state index contributed by atoms with van der Waals surface area (Å²) in [6.45, 7) is 4.25. The highest BCUT2D eigenvalue weighted by Gasteiger charge is 2.29. The summed E-state index contributed by atoms with van der Waals surface area (Å²) in [7, 11) is 1.99. The predicted molar refractivity (Wildman–Crippen MR) is 135 cm³/mol. The first-order valence-corrected chi connectivity index (χ1v) is 12.4. The molecule has 0 bridgehead atoms. The van der Waals surface area contributed by atoms with Crippen molar-refractivity contribution in [2.24, 2.45) is 13.0 Å². The lowest BCUT2D eigenvalue weighted by Crippen LogP contribution is -2.29. The Bertz CT molecular complexity index is 1270. The molecular formula is C27H28Cl2N2O3. The highest BCUT2D eigenvalue weighted by Crippen LogP contribution is 2.38. The van der Waals surface area contributed by atoms with Gasteiger partial charge < -0.3 is 14.0 Å². The number of benzene rings is 2. The van der Waals surface area contributed by atoms with Crippen LogP contribution >= 0.6 is 23.2 Å². The molecule has 1 saturated carbocycles. The molecule has 7 heteroatoms. The second-order valence-electron chi connectivity index (χ2n) is 8.89. The van der Waals surface area contributed by atoms with Crippen LogP contribution in [-0.4, -0.2) is 23.2 Å². The van der Waals surface area contributed by atoms with Crippen molar-refractivity contribution in [2.45, 2.75) is 52.1 Å². The number of fused-ring (bicyclic) bond motifs is 1. The zero-order valence-electron chi connectivity index (χ0n) is 19.7. The summed E-state index contributed by atoms with van der Waals surface area (Å²) in [5, 5.41) is 11.5. The van der Waals surface area contributed by atoms with E-state index in [0.717, 1.165) is 53.4 Å². The predicted octanol–water partition coefficient (Wildman–Crippen LogP) is 6.76. The van der Waals surface area contributed by atoms with Crippen LogP contribution in [0.5, 0.6) is 5.75 Å². The lowest BCUT2D eigenvalue weighted by atomic mass is 9.87. The van der Waals surface area contributed by atoms with Crippen LogP contribution in [0, 0.1) is 24.2 Å². The van der Waals surface area contributed by atoms with Gasteiger partial charge in [0, 0.05) is 35.1 Å². The quantitative estimate of drug-likeness (QED) is 0.352. The van der Waals surface area contributed by atoms with E-state index in [1.165, 1.54) is 0 Å². The number of carbonyl (C=O) groups excluding carboxylic acids is 1. The van der Waals surface area contributed by atoms with E-state index in [9.17, 15) is 10.1 Å². The molecule has 0 saturated heterocycles. The Morgan fingerprint density at radius 1 is 1.18 bits per heavy atom. The maximum atomic E-state index is 12.0. The van der Waals surface area contributed by atoms with Gasteiger partial charge in [0.05, 0.1) is 35.3 Å². The Morgan fingerprint density at radius 2 is 1.91 bits per heavy atom. The van der Waals surface area contributed by atoms with Crippen molar-refractivity contribution in [3.63, 3.8) is 0 Å². The molecule has 178 valence electrons. The topological polar surface area (TPSA) is 64.2 Å². The molecule has 5 nitrogen and oxygen atoms in total. The molecule has 1 aliphatic carbocycles. The highest BCUT2D eigenvalue weighted by molar-refractivity contribution is 6.37. The van der Waals surface area contributed by atoms with Crippen LogP contribution in [0.15, 0.2) is 30.3 Å². The summed E-state index contributed by atoms with van der Waals surface area (Å²) in [4.78, 5) is 12.0. The van der Waals surface area contributed by atoms with E-state index in [1.807, 2.05) is 45.2 Å². The lowest BCUT2D eigenvalue weighted by molar-refractivity contribution is -0.149. The van der Waals surface area contributed by atoms with Crippen LogP contribution in [0.2, 0.25) is 10.0 Å². The molecule has 3 aromatic rings. The largest absolute Gasteiger partial charge is 0.489 e. The van der Waals surface area contributed by atoms with Gasteiger partial charge in [-0.25, -0.2) is 0 Å². The second kappa shape index (κ2) is 10.3. The van der Waals surface area contributed by atoms with Crippen LogP contribution in [0.3, 0.4) is 0 Å². The molecule has 1 aliphatic rings. The third-order valence-corrected chi connectivity index (χ3v) is 7.46. The fourth-order valence-electron chi connectivity index (χ4n) is 4.76. The normalized spacial score (nSPS) is 18.0. The minimum absolute atomic E-state index is 0.00174. The summed E-state index contributed by atoms with van der Waals surface area (Å²) in [5.41, 5.74) is 4.56. The highest BCUT2D eigenvalue weighted by atomic mass is 35.5. The van der Waals surface area contributed by atoms with Gasteiger partial charge in [-0.1, -0.05) is 23.2 Å². The van der Waals surface area contributed by atoms with Gasteiger partial charge in [0.25, 0.3) is 0 Å². The molecule has 0 amide bonds. The first kappa shape index (κ1) is 24.4. The van der Waals surface area contributed by atoms with E-state index in [4.69, 9.17) is 32.7 Å². The van der Waals surface area contributed by atoms with Crippen LogP contribution in [0.4, 0.5) is 0 Å². The van der Waals surface area contributed by atoms with E-state index in [-0.39, 0.29) is 18.0 Å². The minimum Gasteiger partial charge on any atom is -0.489 e. The number of aromatic nitrogens is 1. The third-order valence-electron chi connectivity index (χ3n) is 6.69. The van der Waals surface area contributed by atoms with E-state index in [2.05, 4.69) is 16.7 Å². The number of aryl methyl sites for hydroxylation is 2. The number of carbonyl (C=O) groups is 1. The maximum absolute atomic E-state index is 12.0. The van der Waals surface area contributed by atoms with Crippen molar-refractivity contribution < 1.29 is 14.3 Å². The van der Waals surface area contributed by atoms with Crippen molar-refractivity contribution in [2.75, 3.05) is 6.61 Å². The van der Waals surface area contributed by atoms with Gasteiger partial charge in [-0.15, -0.1) is 0 Å². The molecule has 2 aromatic carbocycles. The van der Waals surface area contributed by atoms with Gasteiger partial charge in [-0.3, -0.25) is 4.79 Å². The second-order valence-corrected chi connectivity index (χ2v) is 9.68. The Hall–Kier alpha value is -2.68. The number of esters is 1. The van der Waals surface area contributed by atoms with Crippen molar-refractivity contribution in [1.29, 1.82) is 5.26 Å². The lowest BCUT2D eigenvalue weighted by Gasteiger charge is -2.28. The van der Waals surface area contributed by atoms with Crippen LogP contribution in [0.25, 0.3) is 10.9 Å². The zero-order valence-corrected chi connectivity index (χ0v) is 21.2. The molecule has 1 aromatic heterocycles. The summed E-state index contributed by atoms with van der Waals surface area (Å²) in [6.07, 6.45) is 3.60. The van der Waals surface area contributed by atoms with Crippen LogP contribution in [-0.2, 0) is 23.0 Å². The monoisotopic (exact) mass is 498 g/mol. The van der Waals surface area contributed by atoms with Gasteiger partial charge in [0.15, 0.2) is 0 Å². The van der Waals surface area contributed by atoms with Gasteiger partial charge in [0.1, 0.15) is 5.75 Å². The molecule has 0 unspecified atom stereocenters. The third kappa shape index (κ3) is 4.89. The van der Waals surface area contributed by atoms with Crippen molar-refractivity contribution >= 4 is 40.1 Å². The van der Waals surface area contributed by atoms with Crippen LogP contribution < -0.4 is 4.74 Å². The van der Waals surface area contributed by atoms with Gasteiger partial charge in [-0.2, -0.15) is 5.26 Å². The molecular weight excluding hydrogens is 471 g/mol. The number of hydrogen-bond donors (Lipinski definition) is 0. The van der Waals surface area contributed by atoms with E-state index in [1.54, 1.807) is 0 Å². The molecule has 1 heterocycles. The molecule has 34 heavy (non-hydrogen) atoms. The minimum atomic E-state index is -0.111. The number of rotatable bonds is 6. The number of ether oxygens (including phenoxy) is 2. The number of nitrogens with zero attached hydrogens (tertiary/aromatic N) is 2. The van der Waals surface area contributed by atoms with E-state index < -0.39 is 0 Å². The molecule has 0 atom stereocenters. The molecule has 0 N–H and O–H groups in total. The SMILES string of the molecule is CCOC(=O)[C@H]1CC[C@H](Oc2ccc(Cl)c(Cc3cc4c(C)cc(C#N)cc4n3C)c2Cl)CC1. The standard InChI is InChI=1S/C27H28Cl2N2O3/c1-4-33-27(32)18-5-7-20(8-6-18)34-25-10-9-23(28)22(26(25)29)14-19-13-21-16(2)11-17(15-30)12-24(21)31(19)3/h9-13,18,20H,4-8,14H2,1-3H3/t18-,20-. The summed E-state index contributed by atoms with van der Waals surface area (Å²) in [5.74, 6) is 0.453. The number of hydrogen-bond acceptors (Lipinski definition) is 4. The Morgan fingerprint density at radius 3 is 2.59 bits per heavy atom. The van der Waals surface area contributed by atoms with Gasteiger partial charge >= 0.3 is 5.97 Å². The molecule has 1 fully saturated rings. The van der Waals surface area contributed by atoms with E-state index in [0.29, 0.717) is 34.4 Å². The van der Waals surface area contributed by atoms with Gasteiger partial charge in [0.2, 0.25) is 0 Å². The average Bonchev–Trinajstić information content (AvgIpc) is 3.15. The molecule has 0 radical (unpaired) electrons. The Kier molecular flexibility index (Phi) is 7.40. The summed E-state index contributed by atoms with van der Waals surface area (Å²) < 4.78 is 13.5. The first-order valence-electron chi connectivity index (χ1n) is 11.6. The molecule has 0 aliphatic heterocycles. The number of nitriles is 1. The number of halogens is 2. The fraction of sp³-hybridized carbons (Fsp3) is 0.407. The van der Waals surface area contributed by atoms with E-state index >= 15 is 0 Å². The summed E-state index contributed by atoms with van der Waals surface area (Å²) in [6, 6.07) is 11.8. The average molecular weight is 499 g/mol. The summed E-state index contributed by atoms with van der Waals surface area (Å²) >= 11 is 13.4. The Balaban J connectivity index is 1.54. The smallest absolute Gasteiger partial charge is 0.308 e. The maximum Gasteiger partial charge on any atom is 0.308 e.